The lowest BCUT2D eigenvalue weighted by Gasteiger charge is -2.12. The number of hydrogen-bond acceptors (Lipinski definition) is 5. The van der Waals surface area contributed by atoms with Gasteiger partial charge in [0.25, 0.3) is 5.82 Å². The van der Waals surface area contributed by atoms with E-state index in [2.05, 4.69) is 15.4 Å². The molecule has 124 valence electrons. The molecule has 0 aliphatic carbocycles. The first kappa shape index (κ1) is 17.3. The number of benzene rings is 1. The second-order valence-corrected chi connectivity index (χ2v) is 5.64. The first-order valence-corrected chi connectivity index (χ1v) is 7.66. The minimum Gasteiger partial charge on any atom is -0.354 e. The van der Waals surface area contributed by atoms with Crippen molar-refractivity contribution in [2.75, 3.05) is 0 Å². The maximum absolute atomic E-state index is 12.2. The van der Waals surface area contributed by atoms with Crippen molar-refractivity contribution in [2.45, 2.75) is 39.3 Å². The van der Waals surface area contributed by atoms with E-state index in [1.165, 1.54) is 17.9 Å². The maximum Gasteiger partial charge on any atom is 0.252 e. The van der Waals surface area contributed by atoms with Crippen LogP contribution in [-0.4, -0.2) is 32.5 Å². The molecule has 2 rings (SSSR count). The van der Waals surface area contributed by atoms with Crippen LogP contribution in [0.5, 0.6) is 0 Å². The standard InChI is InChI=1S/C17H19N5O2/c1-12(20-13(2)23)3-4-14-5-7-15(8-6-14)16(24)10-22-11-19-17(9-18)21-22/h5-8,11-12H,3-4,10H2,1-2H3,(H,20,23)/t12-/m1/s1. The van der Waals surface area contributed by atoms with Gasteiger partial charge in [-0.1, -0.05) is 24.3 Å². The summed E-state index contributed by atoms with van der Waals surface area (Å²) in [5, 5.41) is 15.4. The number of ketones is 1. The summed E-state index contributed by atoms with van der Waals surface area (Å²) in [6.07, 6.45) is 3.03. The van der Waals surface area contributed by atoms with Crippen molar-refractivity contribution in [3.8, 4) is 6.07 Å². The topological polar surface area (TPSA) is 101 Å². The minimum atomic E-state index is -0.0949. The number of amides is 1. The van der Waals surface area contributed by atoms with Crippen LogP contribution in [0.25, 0.3) is 0 Å². The van der Waals surface area contributed by atoms with Crippen molar-refractivity contribution >= 4 is 11.7 Å². The Bertz CT molecular complexity index is 758. The molecule has 1 N–H and O–H groups in total. The molecule has 7 heteroatoms. The molecule has 0 unspecified atom stereocenters. The molecule has 0 aliphatic rings. The molecule has 1 heterocycles. The molecule has 0 aliphatic heterocycles. The Morgan fingerprint density at radius 3 is 2.62 bits per heavy atom. The van der Waals surface area contributed by atoms with E-state index in [0.29, 0.717) is 5.56 Å². The van der Waals surface area contributed by atoms with Gasteiger partial charge in [0.1, 0.15) is 18.9 Å². The quantitative estimate of drug-likeness (QED) is 0.777. The van der Waals surface area contributed by atoms with Gasteiger partial charge in [-0.05, 0) is 25.3 Å². The van der Waals surface area contributed by atoms with Crippen molar-refractivity contribution in [1.82, 2.24) is 20.1 Å². The lowest BCUT2D eigenvalue weighted by Crippen LogP contribution is -2.30. The molecular weight excluding hydrogens is 306 g/mol. The van der Waals surface area contributed by atoms with Crippen molar-refractivity contribution in [3.63, 3.8) is 0 Å². The fraction of sp³-hybridized carbons (Fsp3) is 0.353. The number of hydrogen-bond donors (Lipinski definition) is 1. The maximum atomic E-state index is 12.2. The highest BCUT2D eigenvalue weighted by molar-refractivity contribution is 5.95. The van der Waals surface area contributed by atoms with Crippen molar-refractivity contribution < 1.29 is 9.59 Å². The van der Waals surface area contributed by atoms with E-state index in [1.54, 1.807) is 12.1 Å². The zero-order chi connectivity index (χ0) is 17.5. The highest BCUT2D eigenvalue weighted by atomic mass is 16.1. The number of Topliss-reactive ketones (excluding diaryl/α,β-unsaturated/α-hetero) is 1. The predicted molar refractivity (Wildman–Crippen MR) is 87.1 cm³/mol. The van der Waals surface area contributed by atoms with E-state index in [9.17, 15) is 9.59 Å². The molecule has 1 atom stereocenters. The molecule has 24 heavy (non-hydrogen) atoms. The molecule has 7 nitrogen and oxygen atoms in total. The van der Waals surface area contributed by atoms with Gasteiger partial charge in [0.2, 0.25) is 5.91 Å². The second kappa shape index (κ2) is 8.02. The summed E-state index contributed by atoms with van der Waals surface area (Å²) in [6.45, 7) is 3.52. The summed E-state index contributed by atoms with van der Waals surface area (Å²) < 4.78 is 1.35. The zero-order valence-electron chi connectivity index (χ0n) is 13.7. The van der Waals surface area contributed by atoms with Gasteiger partial charge in [-0.2, -0.15) is 5.26 Å². The van der Waals surface area contributed by atoms with E-state index in [0.717, 1.165) is 18.4 Å². The summed E-state index contributed by atoms with van der Waals surface area (Å²) in [4.78, 5) is 26.9. The monoisotopic (exact) mass is 325 g/mol. The number of carbonyl (C=O) groups is 2. The number of aryl methyl sites for hydroxylation is 1. The molecule has 1 aromatic carbocycles. The van der Waals surface area contributed by atoms with Gasteiger partial charge in [-0.3, -0.25) is 9.59 Å². The van der Waals surface area contributed by atoms with E-state index >= 15 is 0 Å². The molecule has 1 aromatic heterocycles. The molecule has 0 bridgehead atoms. The van der Waals surface area contributed by atoms with Crippen LogP contribution in [0.1, 0.15) is 42.0 Å². The average molecular weight is 325 g/mol. The van der Waals surface area contributed by atoms with Crippen molar-refractivity contribution in [1.29, 1.82) is 5.26 Å². The SMILES string of the molecule is CC(=O)N[C@H](C)CCc1ccc(C(=O)Cn2cnc(C#N)n2)cc1. The molecule has 1 amide bonds. The number of nitrogens with one attached hydrogen (secondary N) is 1. The summed E-state index contributed by atoms with van der Waals surface area (Å²) in [7, 11) is 0. The number of carbonyl (C=O) groups excluding carboxylic acids is 2. The molecule has 0 saturated carbocycles. The Balaban J connectivity index is 1.90. The molecule has 2 aromatic rings. The smallest absolute Gasteiger partial charge is 0.252 e. The molecular formula is C17H19N5O2. The highest BCUT2D eigenvalue weighted by Gasteiger charge is 2.09. The van der Waals surface area contributed by atoms with Gasteiger partial charge in [-0.15, -0.1) is 5.10 Å². The molecule has 0 saturated heterocycles. The van der Waals surface area contributed by atoms with Gasteiger partial charge in [-0.25, -0.2) is 9.67 Å². The van der Waals surface area contributed by atoms with Gasteiger partial charge in [0, 0.05) is 18.5 Å². The van der Waals surface area contributed by atoms with Gasteiger partial charge < -0.3 is 5.32 Å². The first-order valence-electron chi connectivity index (χ1n) is 7.66. The van der Waals surface area contributed by atoms with Crippen LogP contribution < -0.4 is 5.32 Å². The highest BCUT2D eigenvalue weighted by Crippen LogP contribution is 2.09. The van der Waals surface area contributed by atoms with Gasteiger partial charge in [0.15, 0.2) is 5.78 Å². The summed E-state index contributed by atoms with van der Waals surface area (Å²) in [6, 6.07) is 9.32. The van der Waals surface area contributed by atoms with Crippen LogP contribution in [0.4, 0.5) is 0 Å². The van der Waals surface area contributed by atoms with Gasteiger partial charge in [0.05, 0.1) is 0 Å². The minimum absolute atomic E-state index is 0.0314. The molecule has 0 fully saturated rings. The number of nitriles is 1. The Morgan fingerprint density at radius 1 is 1.33 bits per heavy atom. The van der Waals surface area contributed by atoms with E-state index in [-0.39, 0.29) is 30.1 Å². The molecule has 0 spiro atoms. The van der Waals surface area contributed by atoms with E-state index < -0.39 is 0 Å². The Labute approximate surface area is 140 Å². The molecule has 0 radical (unpaired) electrons. The van der Waals surface area contributed by atoms with Crippen LogP contribution in [0.2, 0.25) is 0 Å². The van der Waals surface area contributed by atoms with Crippen LogP contribution in [0.15, 0.2) is 30.6 Å². The predicted octanol–water partition coefficient (Wildman–Crippen LogP) is 1.49. The third-order valence-corrected chi connectivity index (χ3v) is 3.53. The Kier molecular flexibility index (Phi) is 5.79. The average Bonchev–Trinajstić information content (AvgIpc) is 3.00. The lowest BCUT2D eigenvalue weighted by molar-refractivity contribution is -0.119. The fourth-order valence-corrected chi connectivity index (χ4v) is 2.32. The summed E-state index contributed by atoms with van der Waals surface area (Å²) in [5.41, 5.74) is 1.69. The third kappa shape index (κ3) is 5.02. The summed E-state index contributed by atoms with van der Waals surface area (Å²) >= 11 is 0. The third-order valence-electron chi connectivity index (χ3n) is 3.53. The fourth-order valence-electron chi connectivity index (χ4n) is 2.32. The van der Waals surface area contributed by atoms with Crippen molar-refractivity contribution in [3.05, 3.63) is 47.5 Å². The van der Waals surface area contributed by atoms with Crippen LogP contribution in [-0.2, 0) is 17.8 Å². The van der Waals surface area contributed by atoms with Crippen molar-refractivity contribution in [2.24, 2.45) is 0 Å². The Morgan fingerprint density at radius 2 is 2.04 bits per heavy atom. The number of nitrogens with zero attached hydrogens (tertiary/aromatic N) is 4. The Hall–Kier alpha value is -3.01. The first-order chi connectivity index (χ1) is 11.5. The van der Waals surface area contributed by atoms with Crippen LogP contribution in [0.3, 0.4) is 0 Å². The second-order valence-electron chi connectivity index (χ2n) is 5.64. The largest absolute Gasteiger partial charge is 0.354 e. The van der Waals surface area contributed by atoms with Crippen LogP contribution >= 0.6 is 0 Å². The van der Waals surface area contributed by atoms with Gasteiger partial charge >= 0.3 is 0 Å². The normalized spacial score (nSPS) is 11.5. The zero-order valence-corrected chi connectivity index (χ0v) is 13.7. The number of rotatable bonds is 7. The summed E-state index contributed by atoms with van der Waals surface area (Å²) in [5.74, 6) is -0.0786. The van der Waals surface area contributed by atoms with E-state index in [4.69, 9.17) is 5.26 Å². The lowest BCUT2D eigenvalue weighted by atomic mass is 10.0. The van der Waals surface area contributed by atoms with E-state index in [1.807, 2.05) is 25.1 Å². The van der Waals surface area contributed by atoms with Crippen LogP contribution in [0, 0.1) is 11.3 Å². The number of aromatic nitrogens is 3.